The molecule has 0 spiro atoms. The second-order valence-corrected chi connectivity index (χ2v) is 4.82. The predicted octanol–water partition coefficient (Wildman–Crippen LogP) is 1.13. The summed E-state index contributed by atoms with van der Waals surface area (Å²) in [4.78, 5) is 27.8. The maximum absolute atomic E-state index is 11.9. The Labute approximate surface area is 128 Å². The molecule has 22 heavy (non-hydrogen) atoms. The lowest BCUT2D eigenvalue weighted by Gasteiger charge is -2.08. The summed E-state index contributed by atoms with van der Waals surface area (Å²) < 4.78 is 6.37. The quantitative estimate of drug-likeness (QED) is 0.868. The summed E-state index contributed by atoms with van der Waals surface area (Å²) in [7, 11) is 1.60. The van der Waals surface area contributed by atoms with Crippen LogP contribution in [0.3, 0.4) is 0 Å². The number of benzene rings is 1. The van der Waals surface area contributed by atoms with Gasteiger partial charge in [-0.2, -0.15) is 0 Å². The fourth-order valence-electron chi connectivity index (χ4n) is 1.93. The fourth-order valence-corrected chi connectivity index (χ4v) is 1.93. The normalized spacial score (nSPS) is 10.3. The Balaban J connectivity index is 1.91. The van der Waals surface area contributed by atoms with Gasteiger partial charge in [-0.05, 0) is 24.1 Å². The summed E-state index contributed by atoms with van der Waals surface area (Å²) in [5.74, 6) is 0.535. The van der Waals surface area contributed by atoms with E-state index in [4.69, 9.17) is 4.74 Å². The van der Waals surface area contributed by atoms with E-state index >= 15 is 0 Å². The molecule has 6 nitrogen and oxygen atoms in total. The zero-order chi connectivity index (χ0) is 15.9. The molecule has 0 bridgehead atoms. The van der Waals surface area contributed by atoms with Gasteiger partial charge in [0.2, 0.25) is 5.91 Å². The van der Waals surface area contributed by atoms with Crippen LogP contribution >= 0.6 is 0 Å². The van der Waals surface area contributed by atoms with E-state index < -0.39 is 0 Å². The van der Waals surface area contributed by atoms with Crippen molar-refractivity contribution in [3.8, 4) is 5.75 Å². The van der Waals surface area contributed by atoms with Gasteiger partial charge in [0.1, 0.15) is 12.3 Å². The van der Waals surface area contributed by atoms with Crippen LogP contribution in [0.15, 0.2) is 41.5 Å². The van der Waals surface area contributed by atoms with Crippen LogP contribution in [0, 0.1) is 0 Å². The van der Waals surface area contributed by atoms with Crippen LogP contribution in [0.2, 0.25) is 0 Å². The first-order chi connectivity index (χ1) is 10.6. The van der Waals surface area contributed by atoms with Gasteiger partial charge in [0, 0.05) is 18.3 Å². The average molecular weight is 301 g/mol. The largest absolute Gasteiger partial charge is 0.497 e. The number of nitrogens with one attached hydrogen (secondary N) is 1. The van der Waals surface area contributed by atoms with E-state index in [0.29, 0.717) is 13.0 Å². The highest BCUT2D eigenvalue weighted by Gasteiger charge is 2.05. The van der Waals surface area contributed by atoms with Crippen molar-refractivity contribution in [2.24, 2.45) is 0 Å². The number of methoxy groups -OCH3 is 1. The lowest BCUT2D eigenvalue weighted by atomic mass is 10.2. The molecule has 0 fully saturated rings. The van der Waals surface area contributed by atoms with Crippen LogP contribution in [-0.2, 0) is 24.3 Å². The molecule has 6 heteroatoms. The molecule has 116 valence electrons. The van der Waals surface area contributed by atoms with Crippen molar-refractivity contribution in [3.63, 3.8) is 0 Å². The van der Waals surface area contributed by atoms with E-state index in [1.807, 2.05) is 31.2 Å². The Kier molecular flexibility index (Phi) is 5.30. The molecule has 1 amide bonds. The summed E-state index contributed by atoms with van der Waals surface area (Å²) in [6.45, 7) is 2.29. The lowest BCUT2D eigenvalue weighted by Crippen LogP contribution is -2.32. The monoisotopic (exact) mass is 301 g/mol. The standard InChI is InChI=1S/C16H19N3O3/c1-3-13-8-16(21)19(11-18-13)10-15(20)17-9-12-4-6-14(22-2)7-5-12/h4-8,11H,3,9-10H2,1-2H3,(H,17,20). The third kappa shape index (κ3) is 4.18. The summed E-state index contributed by atoms with van der Waals surface area (Å²) in [6.07, 6.45) is 2.11. The van der Waals surface area contributed by atoms with Crippen molar-refractivity contribution in [1.82, 2.24) is 14.9 Å². The summed E-state index contributed by atoms with van der Waals surface area (Å²) in [5.41, 5.74) is 1.47. The molecule has 1 aromatic heterocycles. The van der Waals surface area contributed by atoms with Crippen LogP contribution in [-0.4, -0.2) is 22.6 Å². The first-order valence-electron chi connectivity index (χ1n) is 7.07. The molecule has 2 rings (SSSR count). The van der Waals surface area contributed by atoms with Gasteiger partial charge in [-0.25, -0.2) is 4.98 Å². The van der Waals surface area contributed by atoms with E-state index in [9.17, 15) is 9.59 Å². The number of amides is 1. The maximum atomic E-state index is 11.9. The summed E-state index contributed by atoms with van der Waals surface area (Å²) in [5, 5.41) is 2.77. The molecule has 0 saturated carbocycles. The van der Waals surface area contributed by atoms with Gasteiger partial charge in [0.05, 0.1) is 13.4 Å². The number of aromatic nitrogens is 2. The molecule has 0 aliphatic heterocycles. The SMILES string of the molecule is CCc1cc(=O)n(CC(=O)NCc2ccc(OC)cc2)cn1. The van der Waals surface area contributed by atoms with Crippen LogP contribution in [0.1, 0.15) is 18.2 Å². The van der Waals surface area contributed by atoms with E-state index in [2.05, 4.69) is 10.3 Å². The van der Waals surface area contributed by atoms with Crippen LogP contribution in [0.5, 0.6) is 5.75 Å². The number of carbonyl (C=O) groups excluding carboxylic acids is 1. The Morgan fingerprint density at radius 2 is 2.05 bits per heavy atom. The Bertz CT molecular complexity index is 693. The minimum absolute atomic E-state index is 0.0357. The molecule has 0 radical (unpaired) electrons. The number of hydrogen-bond acceptors (Lipinski definition) is 4. The van der Waals surface area contributed by atoms with Gasteiger partial charge < -0.3 is 10.1 Å². The smallest absolute Gasteiger partial charge is 0.253 e. The molecule has 0 unspecified atom stereocenters. The van der Waals surface area contributed by atoms with Crippen molar-refractivity contribution in [2.75, 3.05) is 7.11 Å². The molecule has 1 heterocycles. The third-order valence-electron chi connectivity index (χ3n) is 3.26. The van der Waals surface area contributed by atoms with Crippen molar-refractivity contribution in [2.45, 2.75) is 26.4 Å². The number of nitrogens with zero attached hydrogens (tertiary/aromatic N) is 2. The molecular formula is C16H19N3O3. The second kappa shape index (κ2) is 7.40. The zero-order valence-electron chi connectivity index (χ0n) is 12.7. The number of carbonyl (C=O) groups is 1. The number of ether oxygens (including phenoxy) is 1. The minimum Gasteiger partial charge on any atom is -0.497 e. The maximum Gasteiger partial charge on any atom is 0.253 e. The van der Waals surface area contributed by atoms with Crippen molar-refractivity contribution < 1.29 is 9.53 Å². The van der Waals surface area contributed by atoms with Crippen molar-refractivity contribution in [1.29, 1.82) is 0 Å². The molecule has 0 aliphatic carbocycles. The van der Waals surface area contributed by atoms with Gasteiger partial charge in [0.25, 0.3) is 5.56 Å². The van der Waals surface area contributed by atoms with E-state index in [1.165, 1.54) is 17.0 Å². The average Bonchev–Trinajstić information content (AvgIpc) is 2.55. The number of hydrogen-bond donors (Lipinski definition) is 1. The minimum atomic E-state index is -0.232. The molecular weight excluding hydrogens is 282 g/mol. The molecule has 1 aromatic carbocycles. The summed E-state index contributed by atoms with van der Waals surface area (Å²) in [6, 6.07) is 8.88. The Hall–Kier alpha value is -2.63. The fraction of sp³-hybridized carbons (Fsp3) is 0.312. The molecule has 1 N–H and O–H groups in total. The van der Waals surface area contributed by atoms with Gasteiger partial charge in [-0.1, -0.05) is 19.1 Å². The molecule has 0 atom stereocenters. The first kappa shape index (κ1) is 15.8. The molecule has 0 aliphatic rings. The van der Waals surface area contributed by atoms with E-state index in [1.54, 1.807) is 7.11 Å². The Morgan fingerprint density at radius 3 is 2.64 bits per heavy atom. The first-order valence-corrected chi connectivity index (χ1v) is 7.07. The van der Waals surface area contributed by atoms with Gasteiger partial charge in [-0.3, -0.25) is 14.2 Å². The highest BCUT2D eigenvalue weighted by Crippen LogP contribution is 2.10. The summed E-state index contributed by atoms with van der Waals surface area (Å²) >= 11 is 0. The predicted molar refractivity (Wildman–Crippen MR) is 82.7 cm³/mol. The zero-order valence-corrected chi connectivity index (χ0v) is 12.7. The van der Waals surface area contributed by atoms with Gasteiger partial charge in [-0.15, -0.1) is 0 Å². The highest BCUT2D eigenvalue weighted by atomic mass is 16.5. The van der Waals surface area contributed by atoms with Crippen LogP contribution in [0.4, 0.5) is 0 Å². The highest BCUT2D eigenvalue weighted by molar-refractivity contribution is 5.75. The topological polar surface area (TPSA) is 73.2 Å². The van der Waals surface area contributed by atoms with Gasteiger partial charge in [0.15, 0.2) is 0 Å². The van der Waals surface area contributed by atoms with Gasteiger partial charge >= 0.3 is 0 Å². The number of aryl methyl sites for hydroxylation is 1. The van der Waals surface area contributed by atoms with Crippen LogP contribution in [0.25, 0.3) is 0 Å². The number of rotatable bonds is 6. The van der Waals surface area contributed by atoms with Crippen molar-refractivity contribution >= 4 is 5.91 Å². The molecule has 0 saturated heterocycles. The van der Waals surface area contributed by atoms with Crippen LogP contribution < -0.4 is 15.6 Å². The third-order valence-corrected chi connectivity index (χ3v) is 3.26. The van der Waals surface area contributed by atoms with E-state index in [0.717, 1.165) is 17.0 Å². The van der Waals surface area contributed by atoms with Crippen molar-refractivity contribution in [3.05, 3.63) is 58.3 Å². The Morgan fingerprint density at radius 1 is 1.32 bits per heavy atom. The second-order valence-electron chi connectivity index (χ2n) is 4.82. The van der Waals surface area contributed by atoms with E-state index in [-0.39, 0.29) is 18.0 Å². The molecule has 2 aromatic rings. The lowest BCUT2D eigenvalue weighted by molar-refractivity contribution is -0.121.